The minimum atomic E-state index is -0.102. The molecular weight excluding hydrogens is 482 g/mol. The molecule has 1 amide bonds. The van der Waals surface area contributed by atoms with Crippen LogP contribution in [-0.2, 0) is 11.4 Å². The third-order valence-electron chi connectivity index (χ3n) is 5.28. The fourth-order valence-corrected chi connectivity index (χ4v) is 4.73. The number of hydrogen-bond acceptors (Lipinski definition) is 6. The minimum Gasteiger partial charge on any atom is -0.497 e. The third-order valence-corrected chi connectivity index (χ3v) is 6.58. The van der Waals surface area contributed by atoms with Crippen molar-refractivity contribution in [3.05, 3.63) is 93.3 Å². The lowest BCUT2D eigenvalue weighted by Gasteiger charge is -2.12. The van der Waals surface area contributed by atoms with Gasteiger partial charge in [-0.3, -0.25) is 9.69 Å². The zero-order valence-corrected chi connectivity index (χ0v) is 20.8. The van der Waals surface area contributed by atoms with Crippen LogP contribution >= 0.6 is 23.4 Å². The monoisotopic (exact) mass is 503 g/mol. The summed E-state index contributed by atoms with van der Waals surface area (Å²) in [7, 11) is 1.61. The average Bonchev–Trinajstić information content (AvgIpc) is 3.17. The van der Waals surface area contributed by atoms with Crippen molar-refractivity contribution in [1.29, 1.82) is 5.26 Å². The largest absolute Gasteiger partial charge is 0.497 e. The van der Waals surface area contributed by atoms with Crippen molar-refractivity contribution in [3.63, 3.8) is 0 Å². The van der Waals surface area contributed by atoms with Crippen LogP contribution in [0.15, 0.2) is 76.6 Å². The lowest BCUT2D eigenvalue weighted by molar-refractivity contribution is -0.122. The quantitative estimate of drug-likeness (QED) is 0.347. The van der Waals surface area contributed by atoms with Crippen LogP contribution in [0.25, 0.3) is 6.08 Å². The van der Waals surface area contributed by atoms with Crippen LogP contribution in [0.3, 0.4) is 0 Å². The number of nitrogens with zero attached hydrogens (tertiary/aromatic N) is 3. The molecule has 4 rings (SSSR count). The molecule has 1 heterocycles. The molecule has 0 aliphatic carbocycles. The number of benzene rings is 3. The number of rotatable bonds is 7. The highest BCUT2D eigenvalue weighted by Gasteiger charge is 2.32. The van der Waals surface area contributed by atoms with E-state index in [2.05, 4.69) is 11.1 Å². The number of aliphatic imine (C=N–C) groups is 1. The van der Waals surface area contributed by atoms with Crippen molar-refractivity contribution < 1.29 is 14.3 Å². The van der Waals surface area contributed by atoms with Gasteiger partial charge in [0, 0.05) is 12.1 Å². The summed E-state index contributed by atoms with van der Waals surface area (Å²) in [4.78, 5) is 19.8. The molecule has 176 valence electrons. The van der Waals surface area contributed by atoms with Crippen molar-refractivity contribution in [2.24, 2.45) is 4.99 Å². The fourth-order valence-electron chi connectivity index (χ4n) is 3.42. The van der Waals surface area contributed by atoms with E-state index in [-0.39, 0.29) is 12.5 Å². The molecule has 35 heavy (non-hydrogen) atoms. The summed E-state index contributed by atoms with van der Waals surface area (Å²) in [5, 5.41) is 10.3. The Morgan fingerprint density at radius 2 is 1.91 bits per heavy atom. The van der Waals surface area contributed by atoms with Crippen LogP contribution < -0.4 is 9.47 Å². The number of thioether (sulfide) groups is 1. The van der Waals surface area contributed by atoms with Gasteiger partial charge in [-0.25, -0.2) is 4.99 Å². The summed E-state index contributed by atoms with van der Waals surface area (Å²) in [5.41, 5.74) is 2.86. The van der Waals surface area contributed by atoms with Gasteiger partial charge in [0.25, 0.3) is 5.91 Å². The minimum absolute atomic E-state index is 0.102. The molecule has 0 atom stereocenters. The van der Waals surface area contributed by atoms with E-state index in [1.165, 1.54) is 11.8 Å². The van der Waals surface area contributed by atoms with E-state index in [0.717, 1.165) is 22.6 Å². The Morgan fingerprint density at radius 3 is 2.60 bits per heavy atom. The van der Waals surface area contributed by atoms with E-state index in [0.29, 0.717) is 33.0 Å². The van der Waals surface area contributed by atoms with Crippen LogP contribution in [0.5, 0.6) is 11.5 Å². The summed E-state index contributed by atoms with van der Waals surface area (Å²) in [6.07, 6.45) is 1.80. The van der Waals surface area contributed by atoms with Gasteiger partial charge in [-0.15, -0.1) is 0 Å². The van der Waals surface area contributed by atoms with Crippen molar-refractivity contribution in [3.8, 4) is 17.6 Å². The van der Waals surface area contributed by atoms with Gasteiger partial charge in [0.05, 0.1) is 34.4 Å². The number of carbonyl (C=O) groups excluding carboxylic acids is 1. The maximum absolute atomic E-state index is 13.0. The zero-order valence-electron chi connectivity index (χ0n) is 19.2. The second-order valence-electron chi connectivity index (χ2n) is 7.50. The van der Waals surface area contributed by atoms with Crippen LogP contribution in [0.2, 0.25) is 5.02 Å². The van der Waals surface area contributed by atoms with Crippen LogP contribution in [-0.4, -0.2) is 29.6 Å². The van der Waals surface area contributed by atoms with Gasteiger partial charge in [0.2, 0.25) is 0 Å². The Hall–Kier alpha value is -3.73. The predicted molar refractivity (Wildman–Crippen MR) is 140 cm³/mol. The Labute approximate surface area is 213 Å². The summed E-state index contributed by atoms with van der Waals surface area (Å²) >= 11 is 7.78. The number of nitriles is 1. The van der Waals surface area contributed by atoms with E-state index in [1.54, 1.807) is 36.3 Å². The van der Waals surface area contributed by atoms with E-state index in [9.17, 15) is 10.1 Å². The van der Waals surface area contributed by atoms with E-state index >= 15 is 0 Å². The van der Waals surface area contributed by atoms with Crippen molar-refractivity contribution in [2.45, 2.75) is 13.5 Å². The summed E-state index contributed by atoms with van der Waals surface area (Å²) in [5.74, 6) is 1.15. The van der Waals surface area contributed by atoms with Gasteiger partial charge in [-0.1, -0.05) is 35.9 Å². The van der Waals surface area contributed by atoms with Crippen LogP contribution in [0, 0.1) is 11.3 Å². The number of halogens is 1. The molecule has 6 nitrogen and oxygen atoms in total. The molecule has 0 N–H and O–H groups in total. The maximum Gasteiger partial charge on any atom is 0.266 e. The number of amides is 1. The standard InChI is InChI=1S/C27H22ClN3O3S/c1-3-31-26(32)25(35-27(31)30-21-9-11-22(33-2)12-10-21)15-18-8-13-24(23(28)14-18)34-17-20-7-5-4-6-19(20)16-29/h4-15H,3,17H2,1-2H3. The number of ether oxygens (including phenoxy) is 2. The molecule has 3 aromatic rings. The second kappa shape index (κ2) is 11.1. The number of carbonyl (C=O) groups is 1. The highest BCUT2D eigenvalue weighted by atomic mass is 35.5. The molecular formula is C27H22ClN3O3S. The normalized spacial score (nSPS) is 15.5. The molecule has 1 saturated heterocycles. The molecule has 8 heteroatoms. The molecule has 1 fully saturated rings. The first-order valence-electron chi connectivity index (χ1n) is 10.9. The molecule has 0 saturated carbocycles. The first kappa shape index (κ1) is 24.4. The van der Waals surface area contributed by atoms with Gasteiger partial charge in [0.15, 0.2) is 5.17 Å². The Morgan fingerprint density at radius 1 is 1.14 bits per heavy atom. The molecule has 0 spiro atoms. The summed E-state index contributed by atoms with van der Waals surface area (Å²) in [6.45, 7) is 2.66. The van der Waals surface area contributed by atoms with Crippen molar-refractivity contribution in [2.75, 3.05) is 13.7 Å². The second-order valence-corrected chi connectivity index (χ2v) is 8.92. The topological polar surface area (TPSA) is 74.9 Å². The number of likely N-dealkylation sites (N-methyl/N-ethyl adjacent to an activating group) is 1. The predicted octanol–water partition coefficient (Wildman–Crippen LogP) is 6.42. The lowest BCUT2D eigenvalue weighted by Crippen LogP contribution is -2.28. The van der Waals surface area contributed by atoms with Gasteiger partial charge >= 0.3 is 0 Å². The molecule has 0 unspecified atom stereocenters. The maximum atomic E-state index is 13.0. The highest BCUT2D eigenvalue weighted by Crippen LogP contribution is 2.35. The molecule has 1 aliphatic rings. The molecule has 0 radical (unpaired) electrons. The van der Waals surface area contributed by atoms with Gasteiger partial charge in [-0.05, 0) is 72.8 Å². The van der Waals surface area contributed by atoms with E-state index < -0.39 is 0 Å². The average molecular weight is 504 g/mol. The third kappa shape index (κ3) is 5.68. The Bertz CT molecular complexity index is 1350. The van der Waals surface area contributed by atoms with Gasteiger partial charge < -0.3 is 9.47 Å². The van der Waals surface area contributed by atoms with Crippen LogP contribution in [0.1, 0.15) is 23.6 Å². The van der Waals surface area contributed by atoms with Crippen molar-refractivity contribution in [1.82, 2.24) is 4.90 Å². The first-order valence-corrected chi connectivity index (χ1v) is 12.1. The molecule has 0 bridgehead atoms. The Balaban J connectivity index is 1.51. The van der Waals surface area contributed by atoms with Crippen molar-refractivity contribution >= 4 is 46.2 Å². The Kier molecular flexibility index (Phi) is 7.76. The first-order chi connectivity index (χ1) is 17.0. The molecule has 0 aromatic heterocycles. The van der Waals surface area contributed by atoms with Gasteiger partial charge in [0.1, 0.15) is 18.1 Å². The lowest BCUT2D eigenvalue weighted by atomic mass is 10.1. The summed E-state index contributed by atoms with van der Waals surface area (Å²) < 4.78 is 11.0. The smallest absolute Gasteiger partial charge is 0.266 e. The number of methoxy groups -OCH3 is 1. The molecule has 1 aliphatic heterocycles. The zero-order chi connectivity index (χ0) is 24.8. The fraction of sp³-hybridized carbons (Fsp3) is 0.148. The SMILES string of the molecule is CCN1C(=O)C(=Cc2ccc(OCc3ccccc3C#N)c(Cl)c2)SC1=Nc1ccc(OC)cc1. The molecule has 3 aromatic carbocycles. The number of amidine groups is 1. The van der Waals surface area contributed by atoms with Gasteiger partial charge in [-0.2, -0.15) is 5.26 Å². The number of hydrogen-bond donors (Lipinski definition) is 0. The highest BCUT2D eigenvalue weighted by molar-refractivity contribution is 8.18. The van der Waals surface area contributed by atoms with E-state index in [1.807, 2.05) is 55.5 Å². The van der Waals surface area contributed by atoms with E-state index in [4.69, 9.17) is 21.1 Å². The summed E-state index contributed by atoms with van der Waals surface area (Å²) in [6, 6.07) is 22.1. The van der Waals surface area contributed by atoms with Crippen LogP contribution in [0.4, 0.5) is 5.69 Å².